The smallest absolute Gasteiger partial charge is 0.303 e. The second kappa shape index (κ2) is 7.49. The van der Waals surface area contributed by atoms with E-state index in [4.69, 9.17) is 5.11 Å². The second-order valence-electron chi connectivity index (χ2n) is 6.11. The summed E-state index contributed by atoms with van der Waals surface area (Å²) in [6.07, 6.45) is 2.36. The molecule has 1 aromatic carbocycles. The van der Waals surface area contributed by atoms with E-state index < -0.39 is 5.97 Å². The molecule has 1 unspecified atom stereocenters. The van der Waals surface area contributed by atoms with Gasteiger partial charge in [0.15, 0.2) is 0 Å². The van der Waals surface area contributed by atoms with Crippen LogP contribution in [0.25, 0.3) is 0 Å². The third kappa shape index (κ3) is 3.89. The third-order valence-corrected chi connectivity index (χ3v) is 5.64. The fourth-order valence-corrected chi connectivity index (χ4v) is 4.51. The fourth-order valence-electron chi connectivity index (χ4n) is 3.21. The summed E-state index contributed by atoms with van der Waals surface area (Å²) >= 11 is 1.45. The summed E-state index contributed by atoms with van der Waals surface area (Å²) in [5.74, 6) is -0.946. The number of hydrogen-bond acceptors (Lipinski definition) is 4. The molecule has 2 N–H and O–H groups in total. The van der Waals surface area contributed by atoms with E-state index in [0.29, 0.717) is 16.5 Å². The maximum Gasteiger partial charge on any atom is 0.303 e. The van der Waals surface area contributed by atoms with Gasteiger partial charge in [0.05, 0.1) is 12.0 Å². The molecule has 0 radical (unpaired) electrons. The summed E-state index contributed by atoms with van der Waals surface area (Å²) in [5.41, 5.74) is 2.87. The minimum Gasteiger partial charge on any atom is -0.481 e. The van der Waals surface area contributed by atoms with Crippen LogP contribution in [0.1, 0.15) is 46.7 Å². The molecule has 5 nitrogen and oxygen atoms in total. The number of carboxylic acid groups (broad SMARTS) is 1. The molecule has 128 valence electrons. The molecule has 1 aliphatic carbocycles. The minimum absolute atomic E-state index is 0.0879. The quantitative estimate of drug-likeness (QED) is 0.857. The Hall–Kier alpha value is -2.65. The van der Waals surface area contributed by atoms with E-state index in [1.54, 1.807) is 0 Å². The van der Waals surface area contributed by atoms with Crippen molar-refractivity contribution in [2.24, 2.45) is 0 Å². The number of carbonyl (C=O) groups is 2. The largest absolute Gasteiger partial charge is 0.481 e. The van der Waals surface area contributed by atoms with Crippen LogP contribution in [0.3, 0.4) is 0 Å². The zero-order valence-electron chi connectivity index (χ0n) is 13.6. The highest BCUT2D eigenvalue weighted by atomic mass is 32.1. The first-order chi connectivity index (χ1) is 12.1. The molecule has 0 fully saturated rings. The Bertz CT molecular complexity index is 836. The van der Waals surface area contributed by atoms with Crippen LogP contribution >= 0.6 is 11.3 Å². The topological polar surface area (TPSA) is 90.2 Å². The summed E-state index contributed by atoms with van der Waals surface area (Å²) in [5, 5.41) is 21.4. The summed E-state index contributed by atoms with van der Waals surface area (Å²) in [7, 11) is 0. The minimum atomic E-state index is -1.01. The van der Waals surface area contributed by atoms with Gasteiger partial charge in [0.2, 0.25) is 5.91 Å². The SMILES string of the molecule is N#Cc1c(NC(=O)CCC(=O)O)sc2c1CCC(c1ccccc1)C2. The Balaban J connectivity index is 1.78. The van der Waals surface area contributed by atoms with Gasteiger partial charge in [-0.15, -0.1) is 11.3 Å². The van der Waals surface area contributed by atoms with Gasteiger partial charge < -0.3 is 10.4 Å². The van der Waals surface area contributed by atoms with Crippen LogP contribution in [0.15, 0.2) is 30.3 Å². The highest BCUT2D eigenvalue weighted by Gasteiger charge is 2.27. The van der Waals surface area contributed by atoms with Crippen molar-refractivity contribution in [3.05, 3.63) is 51.9 Å². The van der Waals surface area contributed by atoms with Crippen LogP contribution in [0.2, 0.25) is 0 Å². The molecule has 1 atom stereocenters. The van der Waals surface area contributed by atoms with Crippen LogP contribution in [0.4, 0.5) is 5.00 Å². The molecule has 0 spiro atoms. The number of thiophene rings is 1. The Morgan fingerprint density at radius 2 is 2.04 bits per heavy atom. The molecular weight excluding hydrogens is 336 g/mol. The van der Waals surface area contributed by atoms with Crippen LogP contribution < -0.4 is 5.32 Å². The second-order valence-corrected chi connectivity index (χ2v) is 7.22. The van der Waals surface area contributed by atoms with Gasteiger partial charge in [0.25, 0.3) is 0 Å². The molecule has 0 bridgehead atoms. The average molecular weight is 354 g/mol. The Morgan fingerprint density at radius 3 is 2.72 bits per heavy atom. The van der Waals surface area contributed by atoms with Crippen LogP contribution in [0.5, 0.6) is 0 Å². The number of carboxylic acids is 1. The van der Waals surface area contributed by atoms with E-state index in [2.05, 4.69) is 23.5 Å². The number of nitrogens with one attached hydrogen (secondary N) is 1. The van der Waals surface area contributed by atoms with E-state index in [0.717, 1.165) is 29.7 Å². The van der Waals surface area contributed by atoms with Crippen molar-refractivity contribution in [2.45, 2.75) is 38.0 Å². The lowest BCUT2D eigenvalue weighted by atomic mass is 9.83. The van der Waals surface area contributed by atoms with Crippen molar-refractivity contribution >= 4 is 28.2 Å². The van der Waals surface area contributed by atoms with Crippen molar-refractivity contribution < 1.29 is 14.7 Å². The number of benzene rings is 1. The molecule has 0 aliphatic heterocycles. The molecule has 1 aromatic heterocycles. The number of fused-ring (bicyclic) bond motifs is 1. The van der Waals surface area contributed by atoms with E-state index >= 15 is 0 Å². The predicted octanol–water partition coefficient (Wildman–Crippen LogP) is 3.70. The Kier molecular flexibility index (Phi) is 5.15. The van der Waals surface area contributed by atoms with Crippen LogP contribution in [0, 0.1) is 11.3 Å². The predicted molar refractivity (Wildman–Crippen MR) is 95.7 cm³/mol. The van der Waals surface area contributed by atoms with Crippen molar-refractivity contribution in [1.82, 2.24) is 0 Å². The number of rotatable bonds is 5. The molecule has 2 aromatic rings. The van der Waals surface area contributed by atoms with Crippen LogP contribution in [-0.2, 0) is 22.4 Å². The first-order valence-corrected chi connectivity index (χ1v) is 9.01. The number of nitrogens with zero attached hydrogens (tertiary/aromatic N) is 1. The molecule has 1 heterocycles. The molecule has 1 aliphatic rings. The van der Waals surface area contributed by atoms with Crippen molar-refractivity contribution in [3.63, 3.8) is 0 Å². The van der Waals surface area contributed by atoms with Crippen molar-refractivity contribution in [3.8, 4) is 6.07 Å². The zero-order chi connectivity index (χ0) is 17.8. The maximum absolute atomic E-state index is 11.9. The molecule has 0 saturated carbocycles. The molecule has 1 amide bonds. The van der Waals surface area contributed by atoms with Gasteiger partial charge in [-0.25, -0.2) is 0 Å². The van der Waals surface area contributed by atoms with E-state index in [1.165, 1.54) is 16.9 Å². The van der Waals surface area contributed by atoms with Crippen molar-refractivity contribution in [1.29, 1.82) is 5.26 Å². The first kappa shape index (κ1) is 17.2. The lowest BCUT2D eigenvalue weighted by Crippen LogP contribution is -2.13. The van der Waals surface area contributed by atoms with Gasteiger partial charge in [-0.2, -0.15) is 5.26 Å². The summed E-state index contributed by atoms with van der Waals surface area (Å²) in [4.78, 5) is 23.6. The van der Waals surface area contributed by atoms with E-state index in [9.17, 15) is 14.9 Å². The van der Waals surface area contributed by atoms with E-state index in [-0.39, 0.29) is 18.7 Å². The van der Waals surface area contributed by atoms with Gasteiger partial charge in [-0.3, -0.25) is 9.59 Å². The summed E-state index contributed by atoms with van der Waals surface area (Å²) in [6.45, 7) is 0. The highest BCUT2D eigenvalue weighted by Crippen LogP contribution is 2.42. The number of amides is 1. The standard InChI is InChI=1S/C19H18N2O3S/c20-11-15-14-7-6-13(12-4-2-1-3-5-12)10-16(14)25-19(15)21-17(22)8-9-18(23)24/h1-5,13H,6-10H2,(H,21,22)(H,23,24). The fraction of sp³-hybridized carbons (Fsp3) is 0.316. The Labute approximate surface area is 149 Å². The number of carbonyl (C=O) groups excluding carboxylic acids is 1. The number of aliphatic carboxylic acids is 1. The number of anilines is 1. The molecule has 6 heteroatoms. The summed E-state index contributed by atoms with van der Waals surface area (Å²) in [6, 6.07) is 12.5. The first-order valence-electron chi connectivity index (χ1n) is 8.19. The normalized spacial score (nSPS) is 15.9. The van der Waals surface area contributed by atoms with Gasteiger partial charge in [0.1, 0.15) is 11.1 Å². The number of nitriles is 1. The Morgan fingerprint density at radius 1 is 1.28 bits per heavy atom. The van der Waals surface area contributed by atoms with Gasteiger partial charge in [0, 0.05) is 11.3 Å². The number of hydrogen-bond donors (Lipinski definition) is 2. The zero-order valence-corrected chi connectivity index (χ0v) is 14.4. The molecule has 0 saturated heterocycles. The lowest BCUT2D eigenvalue weighted by molar-refractivity contribution is -0.138. The van der Waals surface area contributed by atoms with Gasteiger partial charge >= 0.3 is 5.97 Å². The van der Waals surface area contributed by atoms with Crippen LogP contribution in [-0.4, -0.2) is 17.0 Å². The monoisotopic (exact) mass is 354 g/mol. The molecule has 3 rings (SSSR count). The van der Waals surface area contributed by atoms with Gasteiger partial charge in [-0.1, -0.05) is 30.3 Å². The third-order valence-electron chi connectivity index (χ3n) is 4.47. The van der Waals surface area contributed by atoms with Gasteiger partial charge in [-0.05, 0) is 36.3 Å². The molecular formula is C19H18N2O3S. The van der Waals surface area contributed by atoms with Crippen molar-refractivity contribution in [2.75, 3.05) is 5.32 Å². The highest BCUT2D eigenvalue weighted by molar-refractivity contribution is 7.16. The summed E-state index contributed by atoms with van der Waals surface area (Å²) < 4.78 is 0. The van der Waals surface area contributed by atoms with E-state index in [1.807, 2.05) is 18.2 Å². The maximum atomic E-state index is 11.9. The average Bonchev–Trinajstić information content (AvgIpc) is 2.96. The molecule has 25 heavy (non-hydrogen) atoms. The lowest BCUT2D eigenvalue weighted by Gasteiger charge is -2.22.